The molecule has 1 aromatic rings. The maximum Gasteiger partial charge on any atom is 0.323 e. The molecule has 0 bridgehead atoms. The van der Waals surface area contributed by atoms with Crippen molar-refractivity contribution in [3.05, 3.63) is 30.3 Å². The standard InChI is InChI=1S/C16H22N2O3/c1-13-6-5-9-17(10-13)15(19)11-18(12-16(20)21)14-7-3-2-4-8-14/h2-4,7-8,13H,5-6,9-12H2,1H3,(H,20,21)/t13-/m0/s1. The first-order chi connectivity index (χ1) is 10.1. The van der Waals surface area contributed by atoms with Gasteiger partial charge in [0.2, 0.25) is 5.91 Å². The number of carbonyl (C=O) groups is 2. The summed E-state index contributed by atoms with van der Waals surface area (Å²) in [5, 5.41) is 9.04. The van der Waals surface area contributed by atoms with Gasteiger partial charge in [-0.05, 0) is 30.9 Å². The number of amides is 1. The Labute approximate surface area is 125 Å². The van der Waals surface area contributed by atoms with Gasteiger partial charge < -0.3 is 14.9 Å². The summed E-state index contributed by atoms with van der Waals surface area (Å²) >= 11 is 0. The molecule has 1 aliphatic heterocycles. The molecule has 0 aliphatic carbocycles. The summed E-state index contributed by atoms with van der Waals surface area (Å²) in [5.41, 5.74) is 0.762. The van der Waals surface area contributed by atoms with E-state index in [1.54, 1.807) is 4.90 Å². The molecule has 0 saturated carbocycles. The number of hydrogen-bond donors (Lipinski definition) is 1. The van der Waals surface area contributed by atoms with E-state index in [1.807, 2.05) is 35.2 Å². The Morgan fingerprint density at radius 3 is 2.62 bits per heavy atom. The van der Waals surface area contributed by atoms with Gasteiger partial charge in [0.15, 0.2) is 0 Å². The number of rotatable bonds is 5. The van der Waals surface area contributed by atoms with Crippen molar-refractivity contribution in [2.45, 2.75) is 19.8 Å². The summed E-state index contributed by atoms with van der Waals surface area (Å²) in [7, 11) is 0. The van der Waals surface area contributed by atoms with Crippen LogP contribution in [0.4, 0.5) is 5.69 Å². The van der Waals surface area contributed by atoms with Crippen LogP contribution in [0.5, 0.6) is 0 Å². The van der Waals surface area contributed by atoms with E-state index in [0.29, 0.717) is 5.92 Å². The lowest BCUT2D eigenvalue weighted by Crippen LogP contribution is -2.45. The van der Waals surface area contributed by atoms with Crippen molar-refractivity contribution in [2.75, 3.05) is 31.1 Å². The molecule has 21 heavy (non-hydrogen) atoms. The summed E-state index contributed by atoms with van der Waals surface area (Å²) in [6.07, 6.45) is 2.18. The van der Waals surface area contributed by atoms with E-state index in [9.17, 15) is 9.59 Å². The molecule has 1 N–H and O–H groups in total. The van der Waals surface area contributed by atoms with E-state index in [0.717, 1.165) is 31.6 Å². The molecule has 1 saturated heterocycles. The van der Waals surface area contributed by atoms with Crippen molar-refractivity contribution in [1.82, 2.24) is 4.90 Å². The van der Waals surface area contributed by atoms with Crippen molar-refractivity contribution in [3.8, 4) is 0 Å². The average molecular weight is 290 g/mol. The normalized spacial score (nSPS) is 18.3. The van der Waals surface area contributed by atoms with E-state index in [4.69, 9.17) is 5.11 Å². The first kappa shape index (κ1) is 15.4. The van der Waals surface area contributed by atoms with E-state index in [1.165, 1.54) is 0 Å². The molecule has 0 radical (unpaired) electrons. The highest BCUT2D eigenvalue weighted by Gasteiger charge is 2.23. The molecule has 5 nitrogen and oxygen atoms in total. The number of carboxylic acid groups (broad SMARTS) is 1. The van der Waals surface area contributed by atoms with Crippen molar-refractivity contribution in [3.63, 3.8) is 0 Å². The van der Waals surface area contributed by atoms with Crippen LogP contribution in [0.1, 0.15) is 19.8 Å². The van der Waals surface area contributed by atoms with Gasteiger partial charge in [-0.25, -0.2) is 0 Å². The van der Waals surface area contributed by atoms with Crippen LogP contribution in [0.3, 0.4) is 0 Å². The van der Waals surface area contributed by atoms with Gasteiger partial charge in [0.1, 0.15) is 6.54 Å². The second-order valence-corrected chi connectivity index (χ2v) is 5.67. The third kappa shape index (κ3) is 4.48. The summed E-state index contributed by atoms with van der Waals surface area (Å²) in [5.74, 6) is -0.405. The van der Waals surface area contributed by atoms with Crippen LogP contribution in [0.15, 0.2) is 30.3 Å². The fourth-order valence-electron chi connectivity index (χ4n) is 2.72. The van der Waals surface area contributed by atoms with Crippen molar-refractivity contribution < 1.29 is 14.7 Å². The lowest BCUT2D eigenvalue weighted by Gasteiger charge is -2.33. The van der Waals surface area contributed by atoms with Crippen molar-refractivity contribution in [2.24, 2.45) is 5.92 Å². The van der Waals surface area contributed by atoms with Gasteiger partial charge in [0.25, 0.3) is 0 Å². The number of piperidine rings is 1. The second kappa shape index (κ2) is 7.11. The van der Waals surface area contributed by atoms with Crippen LogP contribution in [0, 0.1) is 5.92 Å². The highest BCUT2D eigenvalue weighted by Crippen LogP contribution is 2.17. The van der Waals surface area contributed by atoms with E-state index >= 15 is 0 Å². The first-order valence-corrected chi connectivity index (χ1v) is 7.36. The van der Waals surface area contributed by atoms with Gasteiger partial charge in [-0.1, -0.05) is 25.1 Å². The van der Waals surface area contributed by atoms with Gasteiger partial charge in [0.05, 0.1) is 6.54 Å². The van der Waals surface area contributed by atoms with Crippen LogP contribution in [0.25, 0.3) is 0 Å². The highest BCUT2D eigenvalue weighted by molar-refractivity contribution is 5.84. The van der Waals surface area contributed by atoms with Gasteiger partial charge >= 0.3 is 5.97 Å². The zero-order chi connectivity index (χ0) is 15.2. The molecule has 0 aromatic heterocycles. The van der Waals surface area contributed by atoms with Crippen LogP contribution in [-0.4, -0.2) is 48.1 Å². The van der Waals surface area contributed by atoms with E-state index in [-0.39, 0.29) is 19.0 Å². The Bertz CT molecular complexity index is 490. The van der Waals surface area contributed by atoms with Gasteiger partial charge in [-0.3, -0.25) is 9.59 Å². The number of aliphatic carboxylic acids is 1. The van der Waals surface area contributed by atoms with Crippen LogP contribution in [-0.2, 0) is 9.59 Å². The third-order valence-electron chi connectivity index (χ3n) is 3.78. The molecule has 0 unspecified atom stereocenters. The summed E-state index contributed by atoms with van der Waals surface area (Å²) in [6, 6.07) is 9.22. The quantitative estimate of drug-likeness (QED) is 0.899. The lowest BCUT2D eigenvalue weighted by atomic mass is 10.0. The highest BCUT2D eigenvalue weighted by atomic mass is 16.4. The molecular weight excluding hydrogens is 268 g/mol. The Kier molecular flexibility index (Phi) is 5.20. The molecular formula is C16H22N2O3. The van der Waals surface area contributed by atoms with Crippen LogP contribution in [0.2, 0.25) is 0 Å². The molecule has 0 spiro atoms. The predicted octanol–water partition coefficient (Wildman–Crippen LogP) is 1.84. The number of carboxylic acids is 1. The SMILES string of the molecule is C[C@H]1CCCN(C(=O)CN(CC(=O)O)c2ccccc2)C1. The minimum absolute atomic E-state index is 0.00616. The zero-order valence-corrected chi connectivity index (χ0v) is 12.4. The third-order valence-corrected chi connectivity index (χ3v) is 3.78. The zero-order valence-electron chi connectivity index (χ0n) is 12.4. The molecule has 2 rings (SSSR count). The Morgan fingerprint density at radius 2 is 2.00 bits per heavy atom. The first-order valence-electron chi connectivity index (χ1n) is 7.36. The maximum absolute atomic E-state index is 12.4. The topological polar surface area (TPSA) is 60.9 Å². The molecule has 1 amide bonds. The molecule has 1 heterocycles. The fourth-order valence-corrected chi connectivity index (χ4v) is 2.72. The molecule has 1 fully saturated rings. The molecule has 1 atom stereocenters. The lowest BCUT2D eigenvalue weighted by molar-refractivity contribution is -0.135. The number of hydrogen-bond acceptors (Lipinski definition) is 3. The number of carbonyl (C=O) groups excluding carboxylic acids is 1. The molecule has 114 valence electrons. The Balaban J connectivity index is 2.04. The van der Waals surface area contributed by atoms with Crippen LogP contribution >= 0.6 is 0 Å². The van der Waals surface area contributed by atoms with Gasteiger partial charge in [0, 0.05) is 18.8 Å². The van der Waals surface area contributed by atoms with Crippen LogP contribution < -0.4 is 4.90 Å². The molecule has 5 heteroatoms. The van der Waals surface area contributed by atoms with Gasteiger partial charge in [-0.15, -0.1) is 0 Å². The monoisotopic (exact) mass is 290 g/mol. The minimum atomic E-state index is -0.932. The number of nitrogens with zero attached hydrogens (tertiary/aromatic N) is 2. The second-order valence-electron chi connectivity index (χ2n) is 5.67. The van der Waals surface area contributed by atoms with Gasteiger partial charge in [-0.2, -0.15) is 0 Å². The predicted molar refractivity (Wildman–Crippen MR) is 81.3 cm³/mol. The fraction of sp³-hybridized carbons (Fsp3) is 0.500. The minimum Gasteiger partial charge on any atom is -0.480 e. The largest absolute Gasteiger partial charge is 0.480 e. The smallest absolute Gasteiger partial charge is 0.323 e. The summed E-state index contributed by atoms with van der Waals surface area (Å²) in [4.78, 5) is 26.9. The van der Waals surface area contributed by atoms with Crippen molar-refractivity contribution in [1.29, 1.82) is 0 Å². The van der Waals surface area contributed by atoms with E-state index < -0.39 is 5.97 Å². The molecule has 1 aromatic carbocycles. The maximum atomic E-state index is 12.4. The Hall–Kier alpha value is -2.04. The number of anilines is 1. The molecule has 1 aliphatic rings. The number of likely N-dealkylation sites (tertiary alicyclic amines) is 1. The van der Waals surface area contributed by atoms with E-state index in [2.05, 4.69) is 6.92 Å². The number of para-hydroxylation sites is 1. The average Bonchev–Trinajstić information content (AvgIpc) is 2.47. The Morgan fingerprint density at radius 1 is 1.29 bits per heavy atom. The number of benzene rings is 1. The summed E-state index contributed by atoms with van der Waals surface area (Å²) < 4.78 is 0. The summed E-state index contributed by atoms with van der Waals surface area (Å²) in [6.45, 7) is 3.64. The van der Waals surface area contributed by atoms with Crippen molar-refractivity contribution >= 4 is 17.6 Å².